The van der Waals surface area contributed by atoms with E-state index in [-0.39, 0.29) is 5.82 Å². The second-order valence-corrected chi connectivity index (χ2v) is 2.59. The van der Waals surface area contributed by atoms with Crippen molar-refractivity contribution in [1.29, 1.82) is 0 Å². The van der Waals surface area contributed by atoms with E-state index in [2.05, 4.69) is 4.99 Å². The third kappa shape index (κ3) is 1.57. The molecule has 0 atom stereocenters. The third-order valence-corrected chi connectivity index (χ3v) is 1.61. The van der Waals surface area contributed by atoms with Gasteiger partial charge in [-0.15, -0.1) is 0 Å². The molecule has 0 spiro atoms. The highest BCUT2D eigenvalue weighted by atomic mass is 19.1. The van der Waals surface area contributed by atoms with Gasteiger partial charge in [0.15, 0.2) is 0 Å². The number of benzene rings is 1. The van der Waals surface area contributed by atoms with Crippen molar-refractivity contribution < 1.29 is 9.18 Å². The second kappa shape index (κ2) is 3.28. The molecular formula is C9H8FNO. The summed E-state index contributed by atoms with van der Waals surface area (Å²) in [6.45, 7) is 3.40. The lowest BCUT2D eigenvalue weighted by atomic mass is 10.1. The van der Waals surface area contributed by atoms with Crippen molar-refractivity contribution in [2.75, 3.05) is 0 Å². The summed E-state index contributed by atoms with van der Waals surface area (Å²) in [6.07, 6.45) is 1.44. The SMILES string of the molecule is Cc1cc(F)cc(C)c1N=C=O. The molecule has 0 heterocycles. The molecular weight excluding hydrogens is 157 g/mol. The minimum absolute atomic E-state index is 0.310. The number of aliphatic imine (C=N–C) groups is 1. The van der Waals surface area contributed by atoms with Crippen LogP contribution in [0, 0.1) is 19.7 Å². The number of halogens is 1. The normalized spacial score (nSPS) is 9.25. The molecule has 0 unspecified atom stereocenters. The molecule has 1 rings (SSSR count). The molecule has 1 aromatic carbocycles. The molecule has 0 aliphatic carbocycles. The van der Waals surface area contributed by atoms with Gasteiger partial charge in [0.05, 0.1) is 5.69 Å². The molecule has 0 aliphatic heterocycles. The maximum Gasteiger partial charge on any atom is 0.240 e. The Bertz CT molecular complexity index is 331. The van der Waals surface area contributed by atoms with Crippen molar-refractivity contribution >= 4 is 11.8 Å². The van der Waals surface area contributed by atoms with Crippen LogP contribution in [0.2, 0.25) is 0 Å². The number of aryl methyl sites for hydroxylation is 2. The summed E-state index contributed by atoms with van der Waals surface area (Å²) in [7, 11) is 0. The average molecular weight is 165 g/mol. The molecule has 0 saturated carbocycles. The predicted molar refractivity (Wildman–Crippen MR) is 43.7 cm³/mol. The maximum absolute atomic E-state index is 12.7. The molecule has 0 radical (unpaired) electrons. The zero-order valence-corrected chi connectivity index (χ0v) is 6.89. The van der Waals surface area contributed by atoms with Crippen molar-refractivity contribution in [3.8, 4) is 0 Å². The van der Waals surface area contributed by atoms with Gasteiger partial charge in [0.25, 0.3) is 0 Å². The van der Waals surface area contributed by atoms with Gasteiger partial charge in [0, 0.05) is 0 Å². The summed E-state index contributed by atoms with van der Waals surface area (Å²) in [4.78, 5) is 13.5. The molecule has 62 valence electrons. The zero-order chi connectivity index (χ0) is 9.14. The van der Waals surface area contributed by atoms with Crippen LogP contribution in [0.5, 0.6) is 0 Å². The lowest BCUT2D eigenvalue weighted by Gasteiger charge is -2.01. The molecule has 0 fully saturated rings. The fourth-order valence-corrected chi connectivity index (χ4v) is 1.13. The highest BCUT2D eigenvalue weighted by molar-refractivity contribution is 5.57. The predicted octanol–water partition coefficient (Wildman–Crippen LogP) is 2.41. The van der Waals surface area contributed by atoms with Crippen LogP contribution < -0.4 is 0 Å². The summed E-state index contributed by atoms with van der Waals surface area (Å²) in [5, 5.41) is 0. The fourth-order valence-electron chi connectivity index (χ4n) is 1.13. The van der Waals surface area contributed by atoms with E-state index >= 15 is 0 Å². The standard InChI is InChI=1S/C9H8FNO/c1-6-3-8(10)4-7(2)9(6)11-5-12/h3-4H,1-2H3. The van der Waals surface area contributed by atoms with Crippen LogP contribution >= 0.6 is 0 Å². The quantitative estimate of drug-likeness (QED) is 0.464. The van der Waals surface area contributed by atoms with Gasteiger partial charge in [0.1, 0.15) is 5.82 Å². The van der Waals surface area contributed by atoms with E-state index in [1.165, 1.54) is 18.2 Å². The van der Waals surface area contributed by atoms with Crippen LogP contribution in [0.25, 0.3) is 0 Å². The first-order valence-electron chi connectivity index (χ1n) is 3.50. The van der Waals surface area contributed by atoms with Crippen LogP contribution in [0.1, 0.15) is 11.1 Å². The zero-order valence-electron chi connectivity index (χ0n) is 6.89. The van der Waals surface area contributed by atoms with Gasteiger partial charge >= 0.3 is 0 Å². The van der Waals surface area contributed by atoms with Crippen LogP contribution in [0.3, 0.4) is 0 Å². The van der Waals surface area contributed by atoms with Gasteiger partial charge in [-0.3, -0.25) is 0 Å². The largest absolute Gasteiger partial charge is 0.240 e. The Kier molecular flexibility index (Phi) is 2.36. The third-order valence-electron chi connectivity index (χ3n) is 1.61. The van der Waals surface area contributed by atoms with E-state index in [4.69, 9.17) is 0 Å². The molecule has 12 heavy (non-hydrogen) atoms. The van der Waals surface area contributed by atoms with Crippen molar-refractivity contribution in [1.82, 2.24) is 0 Å². The van der Waals surface area contributed by atoms with Gasteiger partial charge in [-0.1, -0.05) is 0 Å². The molecule has 1 aromatic rings. The van der Waals surface area contributed by atoms with Crippen molar-refractivity contribution in [3.63, 3.8) is 0 Å². The van der Waals surface area contributed by atoms with Gasteiger partial charge in [-0.25, -0.2) is 9.18 Å². The summed E-state index contributed by atoms with van der Waals surface area (Å²) in [6, 6.07) is 2.67. The van der Waals surface area contributed by atoms with Crippen molar-refractivity contribution in [2.24, 2.45) is 4.99 Å². The summed E-state index contributed by atoms with van der Waals surface area (Å²) < 4.78 is 12.7. The maximum atomic E-state index is 12.7. The number of isocyanates is 1. The van der Waals surface area contributed by atoms with E-state index in [1.807, 2.05) is 0 Å². The molecule has 0 aromatic heterocycles. The van der Waals surface area contributed by atoms with E-state index in [1.54, 1.807) is 13.8 Å². The molecule has 0 N–H and O–H groups in total. The van der Waals surface area contributed by atoms with Crippen molar-refractivity contribution in [3.05, 3.63) is 29.1 Å². The van der Waals surface area contributed by atoms with Gasteiger partial charge in [-0.2, -0.15) is 4.99 Å². The molecule has 0 aliphatic rings. The van der Waals surface area contributed by atoms with Crippen LogP contribution in [-0.4, -0.2) is 6.08 Å². The minimum Gasteiger partial charge on any atom is -0.211 e. The summed E-state index contributed by atoms with van der Waals surface area (Å²) in [5.74, 6) is -0.310. The van der Waals surface area contributed by atoms with E-state index in [0.29, 0.717) is 16.8 Å². The molecule has 0 saturated heterocycles. The first-order valence-corrected chi connectivity index (χ1v) is 3.50. The highest BCUT2D eigenvalue weighted by Gasteiger charge is 2.02. The molecule has 3 heteroatoms. The Morgan fingerprint density at radius 3 is 2.25 bits per heavy atom. The smallest absolute Gasteiger partial charge is 0.211 e. The summed E-state index contributed by atoms with van der Waals surface area (Å²) >= 11 is 0. The lowest BCUT2D eigenvalue weighted by molar-refractivity contribution is 0.565. The van der Waals surface area contributed by atoms with Crippen LogP contribution in [0.15, 0.2) is 17.1 Å². The highest BCUT2D eigenvalue weighted by Crippen LogP contribution is 2.23. The monoisotopic (exact) mass is 165 g/mol. The Labute approximate surface area is 69.7 Å². The first-order chi connectivity index (χ1) is 5.65. The number of nitrogens with zero attached hydrogens (tertiary/aromatic N) is 1. The van der Waals surface area contributed by atoms with Gasteiger partial charge < -0.3 is 0 Å². The Morgan fingerprint density at radius 2 is 1.83 bits per heavy atom. The fraction of sp³-hybridized carbons (Fsp3) is 0.222. The lowest BCUT2D eigenvalue weighted by Crippen LogP contribution is -1.83. The summed E-state index contributed by atoms with van der Waals surface area (Å²) in [5.41, 5.74) is 1.80. The van der Waals surface area contributed by atoms with Crippen molar-refractivity contribution in [2.45, 2.75) is 13.8 Å². The number of hydrogen-bond acceptors (Lipinski definition) is 2. The van der Waals surface area contributed by atoms with Crippen LogP contribution in [0.4, 0.5) is 10.1 Å². The Morgan fingerprint density at radius 1 is 1.33 bits per heavy atom. The Hall–Kier alpha value is -1.47. The van der Waals surface area contributed by atoms with E-state index in [0.717, 1.165) is 0 Å². The second-order valence-electron chi connectivity index (χ2n) is 2.59. The first kappa shape index (κ1) is 8.62. The molecule has 2 nitrogen and oxygen atoms in total. The van der Waals surface area contributed by atoms with Gasteiger partial charge in [-0.05, 0) is 37.1 Å². The number of rotatable bonds is 1. The topological polar surface area (TPSA) is 29.4 Å². The van der Waals surface area contributed by atoms with Crippen LogP contribution in [-0.2, 0) is 4.79 Å². The van der Waals surface area contributed by atoms with E-state index < -0.39 is 0 Å². The average Bonchev–Trinajstić information content (AvgIpc) is 1.96. The number of hydrogen-bond donors (Lipinski definition) is 0. The molecule has 0 bridgehead atoms. The molecule has 0 amide bonds. The Balaban J connectivity index is 3.37. The van der Waals surface area contributed by atoms with Gasteiger partial charge in [0.2, 0.25) is 6.08 Å². The minimum atomic E-state index is -0.310. The van der Waals surface area contributed by atoms with E-state index in [9.17, 15) is 9.18 Å². The number of carbonyl (C=O) groups excluding carboxylic acids is 1.